The Kier molecular flexibility index (Phi) is 4.98. The number of nitrogens with one attached hydrogen (secondary N) is 1. The second-order valence-electron chi connectivity index (χ2n) is 3.67. The molecular formula is C11H20N4O. The molecular weight excluding hydrogens is 204 g/mol. The summed E-state index contributed by atoms with van der Waals surface area (Å²) in [5.41, 5.74) is 0. The van der Waals surface area contributed by atoms with Crippen LogP contribution in [0.15, 0.2) is 6.07 Å². The van der Waals surface area contributed by atoms with Crippen molar-refractivity contribution < 1.29 is 4.74 Å². The fourth-order valence-electron chi connectivity index (χ4n) is 1.27. The Bertz CT molecular complexity index is 330. The Morgan fingerprint density at radius 1 is 1.44 bits per heavy atom. The predicted octanol–water partition coefficient (Wildman–Crippen LogP) is 1.16. The van der Waals surface area contributed by atoms with E-state index in [2.05, 4.69) is 34.2 Å². The first-order valence-electron chi connectivity index (χ1n) is 5.47. The molecule has 0 radical (unpaired) electrons. The Morgan fingerprint density at radius 2 is 2.19 bits per heavy atom. The lowest BCUT2D eigenvalue weighted by Crippen LogP contribution is -2.25. The summed E-state index contributed by atoms with van der Waals surface area (Å²) < 4.78 is 5.08. The van der Waals surface area contributed by atoms with E-state index in [4.69, 9.17) is 4.74 Å². The van der Waals surface area contributed by atoms with Gasteiger partial charge in [0.1, 0.15) is 11.6 Å². The fourth-order valence-corrected chi connectivity index (χ4v) is 1.27. The number of nitrogens with zero attached hydrogens (tertiary/aromatic N) is 3. The minimum Gasteiger partial charge on any atom is -0.481 e. The van der Waals surface area contributed by atoms with Crippen LogP contribution in [0.25, 0.3) is 0 Å². The van der Waals surface area contributed by atoms with E-state index in [-0.39, 0.29) is 0 Å². The van der Waals surface area contributed by atoms with Gasteiger partial charge in [-0.3, -0.25) is 0 Å². The average Bonchev–Trinajstić information content (AvgIpc) is 2.28. The second kappa shape index (κ2) is 6.27. The highest BCUT2D eigenvalue weighted by atomic mass is 16.5. The van der Waals surface area contributed by atoms with Gasteiger partial charge in [0, 0.05) is 19.2 Å². The highest BCUT2D eigenvalue weighted by Crippen LogP contribution is 2.12. The highest BCUT2D eigenvalue weighted by Gasteiger charge is 2.01. The Balaban J connectivity index is 2.50. The van der Waals surface area contributed by atoms with Gasteiger partial charge in [-0.2, -0.15) is 4.98 Å². The summed E-state index contributed by atoms with van der Waals surface area (Å²) in [6.07, 6.45) is 0. The molecule has 0 bridgehead atoms. The van der Waals surface area contributed by atoms with Gasteiger partial charge in [-0.25, -0.2) is 4.98 Å². The third kappa shape index (κ3) is 4.02. The maximum atomic E-state index is 5.08. The molecule has 0 unspecified atom stereocenters. The first kappa shape index (κ1) is 12.7. The van der Waals surface area contributed by atoms with Crippen molar-refractivity contribution in [3.63, 3.8) is 0 Å². The van der Waals surface area contributed by atoms with E-state index in [1.54, 1.807) is 13.2 Å². The van der Waals surface area contributed by atoms with Crippen LogP contribution >= 0.6 is 0 Å². The van der Waals surface area contributed by atoms with Crippen molar-refractivity contribution in [3.8, 4) is 5.88 Å². The van der Waals surface area contributed by atoms with Crippen molar-refractivity contribution in [2.75, 3.05) is 39.1 Å². The summed E-state index contributed by atoms with van der Waals surface area (Å²) in [6, 6.07) is 1.80. The summed E-state index contributed by atoms with van der Waals surface area (Å²) in [7, 11) is 3.70. The number of rotatable bonds is 6. The van der Waals surface area contributed by atoms with Gasteiger partial charge in [-0.1, -0.05) is 6.92 Å². The number of hydrogen-bond acceptors (Lipinski definition) is 5. The van der Waals surface area contributed by atoms with Crippen LogP contribution in [-0.2, 0) is 0 Å². The molecule has 0 spiro atoms. The molecule has 16 heavy (non-hydrogen) atoms. The SMILES string of the molecule is CCN(C)CCNc1cc(OC)nc(C)n1. The number of likely N-dealkylation sites (N-methyl/N-ethyl adjacent to an activating group) is 1. The van der Waals surface area contributed by atoms with E-state index >= 15 is 0 Å². The average molecular weight is 224 g/mol. The topological polar surface area (TPSA) is 50.3 Å². The first-order valence-corrected chi connectivity index (χ1v) is 5.47. The first-order chi connectivity index (χ1) is 7.65. The summed E-state index contributed by atoms with van der Waals surface area (Å²) in [5, 5.41) is 3.25. The van der Waals surface area contributed by atoms with Crippen molar-refractivity contribution in [2.45, 2.75) is 13.8 Å². The lowest BCUT2D eigenvalue weighted by atomic mass is 10.4. The van der Waals surface area contributed by atoms with Crippen LogP contribution in [0.3, 0.4) is 0 Å². The quantitative estimate of drug-likeness (QED) is 0.785. The van der Waals surface area contributed by atoms with Crippen molar-refractivity contribution in [1.29, 1.82) is 0 Å². The number of aryl methyl sites for hydroxylation is 1. The van der Waals surface area contributed by atoms with Crippen LogP contribution in [-0.4, -0.2) is 48.7 Å². The van der Waals surface area contributed by atoms with Crippen molar-refractivity contribution >= 4 is 5.82 Å². The summed E-state index contributed by atoms with van der Waals surface area (Å²) in [5.74, 6) is 2.12. The minimum atomic E-state index is 0.596. The van der Waals surface area contributed by atoms with Crippen LogP contribution in [0.2, 0.25) is 0 Å². The molecule has 0 saturated carbocycles. The van der Waals surface area contributed by atoms with Gasteiger partial charge in [0.2, 0.25) is 5.88 Å². The Labute approximate surface area is 96.8 Å². The molecule has 1 N–H and O–H groups in total. The molecule has 0 aliphatic heterocycles. The Morgan fingerprint density at radius 3 is 2.81 bits per heavy atom. The van der Waals surface area contributed by atoms with Gasteiger partial charge in [0.25, 0.3) is 0 Å². The smallest absolute Gasteiger partial charge is 0.218 e. The maximum absolute atomic E-state index is 5.08. The van der Waals surface area contributed by atoms with E-state index in [1.807, 2.05) is 6.92 Å². The second-order valence-corrected chi connectivity index (χ2v) is 3.67. The molecule has 1 aromatic heterocycles. The van der Waals surface area contributed by atoms with Crippen molar-refractivity contribution in [1.82, 2.24) is 14.9 Å². The predicted molar refractivity (Wildman–Crippen MR) is 65.0 cm³/mol. The summed E-state index contributed by atoms with van der Waals surface area (Å²) in [6.45, 7) is 6.89. The summed E-state index contributed by atoms with van der Waals surface area (Å²) >= 11 is 0. The lowest BCUT2D eigenvalue weighted by Gasteiger charge is -2.14. The highest BCUT2D eigenvalue weighted by molar-refractivity contribution is 5.38. The van der Waals surface area contributed by atoms with Crippen LogP contribution < -0.4 is 10.1 Å². The molecule has 0 atom stereocenters. The van der Waals surface area contributed by atoms with E-state index < -0.39 is 0 Å². The van der Waals surface area contributed by atoms with Gasteiger partial charge in [-0.05, 0) is 20.5 Å². The molecule has 0 aliphatic rings. The third-order valence-corrected chi connectivity index (χ3v) is 2.36. The number of aromatic nitrogens is 2. The maximum Gasteiger partial charge on any atom is 0.218 e. The number of ether oxygens (including phenoxy) is 1. The monoisotopic (exact) mass is 224 g/mol. The van der Waals surface area contributed by atoms with E-state index in [0.717, 1.165) is 25.5 Å². The molecule has 0 aliphatic carbocycles. The van der Waals surface area contributed by atoms with Gasteiger partial charge in [0.15, 0.2) is 0 Å². The molecule has 0 amide bonds. The van der Waals surface area contributed by atoms with Gasteiger partial charge in [-0.15, -0.1) is 0 Å². The van der Waals surface area contributed by atoms with Gasteiger partial charge < -0.3 is 15.0 Å². The molecule has 1 heterocycles. The number of anilines is 1. The van der Waals surface area contributed by atoms with Crippen LogP contribution in [0.5, 0.6) is 5.88 Å². The number of hydrogen-bond donors (Lipinski definition) is 1. The fraction of sp³-hybridized carbons (Fsp3) is 0.636. The molecule has 0 saturated heterocycles. The zero-order chi connectivity index (χ0) is 12.0. The zero-order valence-electron chi connectivity index (χ0n) is 10.4. The van der Waals surface area contributed by atoms with Crippen LogP contribution in [0.1, 0.15) is 12.7 Å². The number of methoxy groups -OCH3 is 1. The molecule has 5 nitrogen and oxygen atoms in total. The van der Waals surface area contributed by atoms with Crippen LogP contribution in [0.4, 0.5) is 5.82 Å². The van der Waals surface area contributed by atoms with E-state index in [1.165, 1.54) is 0 Å². The largest absolute Gasteiger partial charge is 0.481 e. The molecule has 1 rings (SSSR count). The van der Waals surface area contributed by atoms with E-state index in [0.29, 0.717) is 11.7 Å². The molecule has 1 aromatic rings. The van der Waals surface area contributed by atoms with Gasteiger partial charge >= 0.3 is 0 Å². The standard InChI is InChI=1S/C11H20N4O/c1-5-15(3)7-6-12-10-8-11(16-4)14-9(2)13-10/h8H,5-7H2,1-4H3,(H,12,13,14). The molecule has 0 fully saturated rings. The van der Waals surface area contributed by atoms with E-state index in [9.17, 15) is 0 Å². The minimum absolute atomic E-state index is 0.596. The summed E-state index contributed by atoms with van der Waals surface area (Å²) in [4.78, 5) is 10.6. The van der Waals surface area contributed by atoms with Crippen LogP contribution in [0, 0.1) is 6.92 Å². The molecule has 0 aromatic carbocycles. The van der Waals surface area contributed by atoms with Gasteiger partial charge in [0.05, 0.1) is 7.11 Å². The normalized spacial score (nSPS) is 10.6. The lowest BCUT2D eigenvalue weighted by molar-refractivity contribution is 0.366. The Hall–Kier alpha value is -1.36. The zero-order valence-corrected chi connectivity index (χ0v) is 10.4. The third-order valence-electron chi connectivity index (χ3n) is 2.36. The van der Waals surface area contributed by atoms with Crippen molar-refractivity contribution in [3.05, 3.63) is 11.9 Å². The molecule has 90 valence electrons. The molecule has 5 heteroatoms. The van der Waals surface area contributed by atoms with Crippen molar-refractivity contribution in [2.24, 2.45) is 0 Å².